The van der Waals surface area contributed by atoms with Crippen molar-refractivity contribution in [1.82, 2.24) is 9.80 Å². The lowest BCUT2D eigenvalue weighted by atomic mass is 10.2. The molecule has 1 aliphatic rings. The van der Waals surface area contributed by atoms with Gasteiger partial charge in [-0.05, 0) is 61.0 Å². The first-order valence-electron chi connectivity index (χ1n) is 11.9. The molecule has 36 heavy (non-hydrogen) atoms. The van der Waals surface area contributed by atoms with Crippen molar-refractivity contribution in [2.75, 3.05) is 43.6 Å². The standard InChI is InChI=1S/C27H30ClN3O4S/c1-2-35-25-12-10-24(11-13-25)31(36(33,34)26-14-8-23(28)9-15-26)21-27(32)30-18-16-29(17-19-30)20-22-6-4-3-5-7-22/h3-15H,2,16-21H2,1H3. The van der Waals surface area contributed by atoms with Crippen molar-refractivity contribution < 1.29 is 17.9 Å². The zero-order valence-corrected chi connectivity index (χ0v) is 21.8. The molecule has 9 heteroatoms. The number of piperazine rings is 1. The number of rotatable bonds is 9. The molecule has 0 N–H and O–H groups in total. The highest BCUT2D eigenvalue weighted by Crippen LogP contribution is 2.27. The Morgan fingerprint density at radius 3 is 2.17 bits per heavy atom. The van der Waals surface area contributed by atoms with Crippen LogP contribution in [0.3, 0.4) is 0 Å². The molecular weight excluding hydrogens is 498 g/mol. The summed E-state index contributed by atoms with van der Waals surface area (Å²) in [6.45, 7) is 5.46. The van der Waals surface area contributed by atoms with Gasteiger partial charge in [0.2, 0.25) is 5.91 Å². The van der Waals surface area contributed by atoms with E-state index in [1.807, 2.05) is 25.1 Å². The first kappa shape index (κ1) is 26.0. The third-order valence-electron chi connectivity index (χ3n) is 6.09. The molecular formula is C27H30ClN3O4S. The van der Waals surface area contributed by atoms with E-state index in [4.69, 9.17) is 16.3 Å². The second-order valence-electron chi connectivity index (χ2n) is 8.54. The maximum absolute atomic E-state index is 13.6. The van der Waals surface area contributed by atoms with Gasteiger partial charge in [-0.25, -0.2) is 8.42 Å². The summed E-state index contributed by atoms with van der Waals surface area (Å²) in [6, 6.07) is 22.9. The van der Waals surface area contributed by atoms with E-state index < -0.39 is 10.0 Å². The number of hydrogen-bond donors (Lipinski definition) is 0. The summed E-state index contributed by atoms with van der Waals surface area (Å²) in [5.41, 5.74) is 1.62. The summed E-state index contributed by atoms with van der Waals surface area (Å²) in [7, 11) is -4.01. The van der Waals surface area contributed by atoms with Crippen LogP contribution >= 0.6 is 11.6 Å². The van der Waals surface area contributed by atoms with Crippen LogP contribution in [0, 0.1) is 0 Å². The molecule has 1 fully saturated rings. The highest BCUT2D eigenvalue weighted by atomic mass is 35.5. The van der Waals surface area contributed by atoms with Crippen molar-refractivity contribution in [3.05, 3.63) is 89.4 Å². The Morgan fingerprint density at radius 1 is 0.917 bits per heavy atom. The van der Waals surface area contributed by atoms with E-state index in [0.29, 0.717) is 36.2 Å². The van der Waals surface area contributed by atoms with E-state index in [1.54, 1.807) is 29.2 Å². The largest absolute Gasteiger partial charge is 0.494 e. The molecule has 0 saturated carbocycles. The van der Waals surface area contributed by atoms with E-state index in [9.17, 15) is 13.2 Å². The van der Waals surface area contributed by atoms with Gasteiger partial charge in [0.25, 0.3) is 10.0 Å². The predicted molar refractivity (Wildman–Crippen MR) is 142 cm³/mol. The Kier molecular flexibility index (Phi) is 8.51. The molecule has 0 spiro atoms. The molecule has 4 rings (SSSR count). The number of benzene rings is 3. The number of anilines is 1. The number of amides is 1. The molecule has 3 aromatic rings. The second kappa shape index (κ2) is 11.8. The molecule has 7 nitrogen and oxygen atoms in total. The third kappa shape index (κ3) is 6.37. The van der Waals surface area contributed by atoms with E-state index in [2.05, 4.69) is 17.0 Å². The summed E-state index contributed by atoms with van der Waals surface area (Å²) in [4.78, 5) is 17.4. The Morgan fingerprint density at radius 2 is 1.56 bits per heavy atom. The van der Waals surface area contributed by atoms with Crippen LogP contribution in [0.4, 0.5) is 5.69 Å². The maximum Gasteiger partial charge on any atom is 0.264 e. The molecule has 1 aliphatic heterocycles. The zero-order chi connectivity index (χ0) is 25.5. The quantitative estimate of drug-likeness (QED) is 0.415. The molecule has 3 aromatic carbocycles. The number of sulfonamides is 1. The zero-order valence-electron chi connectivity index (χ0n) is 20.2. The van der Waals surface area contributed by atoms with Gasteiger partial charge in [0.05, 0.1) is 17.2 Å². The highest BCUT2D eigenvalue weighted by molar-refractivity contribution is 7.92. The summed E-state index contributed by atoms with van der Waals surface area (Å²) in [6.07, 6.45) is 0. The fourth-order valence-electron chi connectivity index (χ4n) is 4.14. The number of carbonyl (C=O) groups is 1. The lowest BCUT2D eigenvalue weighted by Crippen LogP contribution is -2.51. The van der Waals surface area contributed by atoms with Crippen LogP contribution < -0.4 is 9.04 Å². The minimum atomic E-state index is -4.01. The van der Waals surface area contributed by atoms with E-state index in [-0.39, 0.29) is 17.3 Å². The average Bonchev–Trinajstić information content (AvgIpc) is 2.89. The summed E-state index contributed by atoms with van der Waals surface area (Å²) >= 11 is 5.97. The molecule has 0 aliphatic carbocycles. The third-order valence-corrected chi connectivity index (χ3v) is 8.13. The fraction of sp³-hybridized carbons (Fsp3) is 0.296. The SMILES string of the molecule is CCOc1ccc(N(CC(=O)N2CCN(Cc3ccccc3)CC2)S(=O)(=O)c2ccc(Cl)cc2)cc1. The van der Waals surface area contributed by atoms with Gasteiger partial charge in [0.15, 0.2) is 0 Å². The average molecular weight is 528 g/mol. The van der Waals surface area contributed by atoms with Crippen LogP contribution in [0.15, 0.2) is 83.8 Å². The first-order valence-corrected chi connectivity index (χ1v) is 13.7. The number of nitrogens with zero attached hydrogens (tertiary/aromatic N) is 3. The Bertz CT molecular complexity index is 1240. The molecule has 1 heterocycles. The van der Waals surface area contributed by atoms with Crippen molar-refractivity contribution in [3.8, 4) is 5.75 Å². The second-order valence-corrected chi connectivity index (χ2v) is 10.8. The molecule has 1 amide bonds. The van der Waals surface area contributed by atoms with Crippen molar-refractivity contribution in [1.29, 1.82) is 0 Å². The summed E-state index contributed by atoms with van der Waals surface area (Å²) in [5, 5.41) is 0.436. The van der Waals surface area contributed by atoms with Crippen LogP contribution in [0.5, 0.6) is 5.75 Å². The lowest BCUT2D eigenvalue weighted by molar-refractivity contribution is -0.131. The smallest absolute Gasteiger partial charge is 0.264 e. The first-order chi connectivity index (χ1) is 17.4. The van der Waals surface area contributed by atoms with Crippen LogP contribution in [-0.4, -0.2) is 63.5 Å². The number of hydrogen-bond acceptors (Lipinski definition) is 5. The van der Waals surface area contributed by atoms with Gasteiger partial charge in [-0.1, -0.05) is 41.9 Å². The molecule has 0 radical (unpaired) electrons. The van der Waals surface area contributed by atoms with E-state index in [0.717, 1.165) is 23.9 Å². The Labute approximate surface area is 217 Å². The summed E-state index contributed by atoms with van der Waals surface area (Å²) in [5.74, 6) is 0.395. The molecule has 1 saturated heterocycles. The molecule has 0 unspecified atom stereocenters. The normalized spacial score (nSPS) is 14.4. The van der Waals surface area contributed by atoms with Gasteiger partial charge in [-0.2, -0.15) is 0 Å². The summed E-state index contributed by atoms with van der Waals surface area (Å²) < 4.78 is 33.8. The van der Waals surface area contributed by atoms with Gasteiger partial charge < -0.3 is 9.64 Å². The number of halogens is 1. The van der Waals surface area contributed by atoms with Crippen LogP contribution in [0.2, 0.25) is 5.02 Å². The number of ether oxygens (including phenoxy) is 1. The molecule has 0 atom stereocenters. The van der Waals surface area contributed by atoms with Crippen molar-refractivity contribution in [2.45, 2.75) is 18.4 Å². The topological polar surface area (TPSA) is 70.2 Å². The molecule has 0 aromatic heterocycles. The van der Waals surface area contributed by atoms with Crippen LogP contribution in [0.1, 0.15) is 12.5 Å². The van der Waals surface area contributed by atoms with Crippen molar-refractivity contribution in [3.63, 3.8) is 0 Å². The minimum absolute atomic E-state index is 0.0706. The molecule has 190 valence electrons. The van der Waals surface area contributed by atoms with Crippen LogP contribution in [-0.2, 0) is 21.4 Å². The minimum Gasteiger partial charge on any atom is -0.494 e. The molecule has 0 bridgehead atoms. The van der Waals surface area contributed by atoms with Gasteiger partial charge in [0, 0.05) is 37.7 Å². The van der Waals surface area contributed by atoms with Gasteiger partial charge in [-0.15, -0.1) is 0 Å². The lowest BCUT2D eigenvalue weighted by Gasteiger charge is -2.36. The van der Waals surface area contributed by atoms with E-state index >= 15 is 0 Å². The highest BCUT2D eigenvalue weighted by Gasteiger charge is 2.30. The Hall–Kier alpha value is -3.07. The van der Waals surface area contributed by atoms with E-state index in [1.165, 1.54) is 29.8 Å². The van der Waals surface area contributed by atoms with Crippen molar-refractivity contribution in [2.24, 2.45) is 0 Å². The van der Waals surface area contributed by atoms with Gasteiger partial charge in [0.1, 0.15) is 12.3 Å². The number of carbonyl (C=O) groups excluding carboxylic acids is 1. The monoisotopic (exact) mass is 527 g/mol. The van der Waals surface area contributed by atoms with Crippen LogP contribution in [0.25, 0.3) is 0 Å². The van der Waals surface area contributed by atoms with Gasteiger partial charge >= 0.3 is 0 Å². The van der Waals surface area contributed by atoms with Crippen molar-refractivity contribution >= 4 is 33.2 Å². The van der Waals surface area contributed by atoms with Gasteiger partial charge in [-0.3, -0.25) is 14.0 Å². The maximum atomic E-state index is 13.6. The predicted octanol–water partition coefficient (Wildman–Crippen LogP) is 4.28. The fourth-order valence-corrected chi connectivity index (χ4v) is 5.68. The Balaban J connectivity index is 1.50.